The highest BCUT2D eigenvalue weighted by Gasteiger charge is 2.17. The molecule has 2 aromatic carbocycles. The Hall–Kier alpha value is -2.07. The maximum Gasteiger partial charge on any atom is 0.241 e. The van der Waals surface area contributed by atoms with E-state index >= 15 is 0 Å². The zero-order valence-electron chi connectivity index (χ0n) is 14.1. The third-order valence-corrected chi connectivity index (χ3v) is 6.91. The van der Waals surface area contributed by atoms with Gasteiger partial charge in [0.25, 0.3) is 0 Å². The van der Waals surface area contributed by atoms with Gasteiger partial charge < -0.3 is 5.32 Å². The van der Waals surface area contributed by atoms with E-state index in [2.05, 4.69) is 31.0 Å². The van der Waals surface area contributed by atoms with E-state index in [9.17, 15) is 13.2 Å². The molecule has 0 saturated carbocycles. The summed E-state index contributed by atoms with van der Waals surface area (Å²) in [6.07, 6.45) is 1.77. The number of rotatable bonds is 7. The third kappa shape index (κ3) is 5.23. The van der Waals surface area contributed by atoms with Crippen molar-refractivity contribution in [3.8, 4) is 10.6 Å². The van der Waals surface area contributed by atoms with Gasteiger partial charge in [0.05, 0.1) is 4.90 Å². The van der Waals surface area contributed by atoms with Gasteiger partial charge in [-0.25, -0.2) is 18.1 Å². The van der Waals surface area contributed by atoms with E-state index in [0.29, 0.717) is 10.2 Å². The number of carbonyl (C=O) groups excluding carboxylic acids is 1. The predicted molar refractivity (Wildman–Crippen MR) is 110 cm³/mol. The number of nitrogens with zero attached hydrogens (tertiary/aromatic N) is 1. The lowest BCUT2D eigenvalue weighted by Crippen LogP contribution is -2.28. The Morgan fingerprint density at radius 1 is 1.11 bits per heavy atom. The number of thiazole rings is 1. The SMILES string of the molecule is O=C(CCNS(=O)(=O)c1ccccc1Br)Nc1ccc(-c2nccs2)cc1. The Bertz CT molecular complexity index is 1020. The molecule has 2 N–H and O–H groups in total. The van der Waals surface area contributed by atoms with Gasteiger partial charge in [-0.1, -0.05) is 12.1 Å². The van der Waals surface area contributed by atoms with Crippen LogP contribution in [-0.4, -0.2) is 25.9 Å². The number of hydrogen-bond acceptors (Lipinski definition) is 5. The minimum atomic E-state index is -3.67. The highest BCUT2D eigenvalue weighted by atomic mass is 79.9. The molecule has 1 amide bonds. The Balaban J connectivity index is 1.52. The summed E-state index contributed by atoms with van der Waals surface area (Å²) in [5.74, 6) is -0.271. The number of anilines is 1. The second kappa shape index (κ2) is 8.75. The van der Waals surface area contributed by atoms with Gasteiger partial charge in [-0.15, -0.1) is 11.3 Å². The van der Waals surface area contributed by atoms with Crippen molar-refractivity contribution in [3.05, 3.63) is 64.6 Å². The van der Waals surface area contributed by atoms with E-state index in [1.807, 2.05) is 17.5 Å². The molecule has 3 rings (SSSR count). The molecule has 0 radical (unpaired) electrons. The smallest absolute Gasteiger partial charge is 0.241 e. The summed E-state index contributed by atoms with van der Waals surface area (Å²) in [4.78, 5) is 16.4. The number of sulfonamides is 1. The molecule has 9 heteroatoms. The van der Waals surface area contributed by atoms with Crippen molar-refractivity contribution in [1.29, 1.82) is 0 Å². The number of hydrogen-bond donors (Lipinski definition) is 2. The lowest BCUT2D eigenvalue weighted by molar-refractivity contribution is -0.116. The number of benzene rings is 2. The molecule has 0 fully saturated rings. The lowest BCUT2D eigenvalue weighted by atomic mass is 10.2. The van der Waals surface area contributed by atoms with Gasteiger partial charge in [-0.3, -0.25) is 4.79 Å². The number of halogens is 1. The zero-order valence-corrected chi connectivity index (χ0v) is 17.3. The minimum absolute atomic E-state index is 0.00665. The third-order valence-electron chi connectivity index (χ3n) is 3.62. The number of amides is 1. The van der Waals surface area contributed by atoms with Gasteiger partial charge in [0.15, 0.2) is 0 Å². The van der Waals surface area contributed by atoms with E-state index in [1.165, 1.54) is 6.07 Å². The quantitative estimate of drug-likeness (QED) is 0.553. The van der Waals surface area contributed by atoms with Gasteiger partial charge in [0, 0.05) is 40.3 Å². The van der Waals surface area contributed by atoms with Crippen molar-refractivity contribution >= 4 is 48.9 Å². The van der Waals surface area contributed by atoms with Crippen LogP contribution in [-0.2, 0) is 14.8 Å². The topological polar surface area (TPSA) is 88.2 Å². The van der Waals surface area contributed by atoms with Crippen LogP contribution in [0, 0.1) is 0 Å². The van der Waals surface area contributed by atoms with E-state index in [4.69, 9.17) is 0 Å². The summed E-state index contributed by atoms with van der Waals surface area (Å²) < 4.78 is 27.4. The Labute approximate surface area is 169 Å². The summed E-state index contributed by atoms with van der Waals surface area (Å²) in [7, 11) is -3.67. The summed E-state index contributed by atoms with van der Waals surface area (Å²) in [6, 6.07) is 13.9. The molecule has 3 aromatic rings. The van der Waals surface area contributed by atoms with Crippen LogP contribution in [0.15, 0.2) is 69.5 Å². The van der Waals surface area contributed by atoms with Crippen LogP contribution in [0.25, 0.3) is 10.6 Å². The van der Waals surface area contributed by atoms with E-state index in [0.717, 1.165) is 10.6 Å². The fourth-order valence-corrected chi connectivity index (χ4v) is 5.00. The molecular formula is C18H16BrN3O3S2. The molecule has 140 valence electrons. The molecule has 0 spiro atoms. The number of aromatic nitrogens is 1. The monoisotopic (exact) mass is 465 g/mol. The van der Waals surface area contributed by atoms with Crippen LogP contribution in [0.3, 0.4) is 0 Å². The van der Waals surface area contributed by atoms with E-state index in [-0.39, 0.29) is 23.8 Å². The molecule has 0 aliphatic heterocycles. The number of carbonyl (C=O) groups is 1. The second-order valence-electron chi connectivity index (χ2n) is 5.54. The lowest BCUT2D eigenvalue weighted by Gasteiger charge is -2.09. The standard InChI is InChI=1S/C18H16BrN3O3S2/c19-15-3-1-2-4-16(15)27(24,25)21-10-9-17(23)22-14-7-5-13(6-8-14)18-20-11-12-26-18/h1-8,11-12,21H,9-10H2,(H,22,23). The molecule has 0 aliphatic rings. The average Bonchev–Trinajstić information content (AvgIpc) is 3.17. The van der Waals surface area contributed by atoms with Crippen molar-refractivity contribution in [2.45, 2.75) is 11.3 Å². The highest BCUT2D eigenvalue weighted by molar-refractivity contribution is 9.10. The molecule has 27 heavy (non-hydrogen) atoms. The Kier molecular flexibility index (Phi) is 6.38. The van der Waals surface area contributed by atoms with Crippen molar-refractivity contribution in [2.75, 3.05) is 11.9 Å². The molecule has 0 aliphatic carbocycles. The normalized spacial score (nSPS) is 11.3. The Morgan fingerprint density at radius 3 is 2.52 bits per heavy atom. The number of nitrogens with one attached hydrogen (secondary N) is 2. The van der Waals surface area contributed by atoms with Crippen LogP contribution in [0.4, 0.5) is 5.69 Å². The van der Waals surface area contributed by atoms with E-state index < -0.39 is 10.0 Å². The molecule has 0 saturated heterocycles. The van der Waals surface area contributed by atoms with Crippen LogP contribution in [0.5, 0.6) is 0 Å². The summed E-state index contributed by atoms with van der Waals surface area (Å²) in [5, 5.41) is 5.57. The van der Waals surface area contributed by atoms with Gasteiger partial charge in [-0.05, 0) is 52.3 Å². The van der Waals surface area contributed by atoms with Gasteiger partial charge in [0.2, 0.25) is 15.9 Å². The second-order valence-corrected chi connectivity index (χ2v) is 9.03. The minimum Gasteiger partial charge on any atom is -0.326 e. The van der Waals surface area contributed by atoms with Crippen molar-refractivity contribution in [3.63, 3.8) is 0 Å². The van der Waals surface area contributed by atoms with E-state index in [1.54, 1.807) is 47.9 Å². The van der Waals surface area contributed by atoms with Crippen LogP contribution < -0.4 is 10.0 Å². The zero-order chi connectivity index (χ0) is 19.3. The predicted octanol–water partition coefficient (Wildman–Crippen LogP) is 3.88. The van der Waals surface area contributed by atoms with Crippen molar-refractivity contribution in [1.82, 2.24) is 9.71 Å². The summed E-state index contributed by atoms with van der Waals surface area (Å²) in [5.41, 5.74) is 1.62. The van der Waals surface area contributed by atoms with Gasteiger partial charge >= 0.3 is 0 Å². The molecule has 6 nitrogen and oxygen atoms in total. The van der Waals surface area contributed by atoms with Crippen molar-refractivity contribution < 1.29 is 13.2 Å². The molecule has 0 unspecified atom stereocenters. The Morgan fingerprint density at radius 2 is 1.85 bits per heavy atom. The summed E-state index contributed by atoms with van der Waals surface area (Å²) in [6.45, 7) is 0.00665. The highest BCUT2D eigenvalue weighted by Crippen LogP contribution is 2.23. The summed E-state index contributed by atoms with van der Waals surface area (Å²) >= 11 is 4.76. The first-order chi connectivity index (χ1) is 13.0. The molecule has 0 bridgehead atoms. The maximum absolute atomic E-state index is 12.3. The van der Waals surface area contributed by atoms with Crippen LogP contribution in [0.1, 0.15) is 6.42 Å². The maximum atomic E-state index is 12.3. The fourth-order valence-electron chi connectivity index (χ4n) is 2.32. The largest absolute Gasteiger partial charge is 0.326 e. The van der Waals surface area contributed by atoms with Crippen molar-refractivity contribution in [2.24, 2.45) is 0 Å². The molecule has 1 heterocycles. The van der Waals surface area contributed by atoms with Crippen LogP contribution in [0.2, 0.25) is 0 Å². The van der Waals surface area contributed by atoms with Gasteiger partial charge in [0.1, 0.15) is 5.01 Å². The van der Waals surface area contributed by atoms with Crippen LogP contribution >= 0.6 is 27.3 Å². The molecular weight excluding hydrogens is 450 g/mol. The van der Waals surface area contributed by atoms with Gasteiger partial charge in [-0.2, -0.15) is 0 Å². The average molecular weight is 466 g/mol. The fraction of sp³-hybridized carbons (Fsp3) is 0.111. The first kappa shape index (κ1) is 19.7. The molecule has 1 aromatic heterocycles. The first-order valence-corrected chi connectivity index (χ1v) is 11.2. The molecule has 0 atom stereocenters. The first-order valence-electron chi connectivity index (χ1n) is 8.00.